The first-order valence-electron chi connectivity index (χ1n) is 4.07. The molecule has 6 heteroatoms. The van der Waals surface area contributed by atoms with Crippen LogP contribution in [0, 0.1) is 0 Å². The van der Waals surface area contributed by atoms with Crippen molar-refractivity contribution in [2.24, 2.45) is 0 Å². The first kappa shape index (κ1) is 11.8. The third-order valence-electron chi connectivity index (χ3n) is 1.52. The predicted molar refractivity (Wildman–Crippen MR) is 56.3 cm³/mol. The Bertz CT molecular complexity index is 300. The summed E-state index contributed by atoms with van der Waals surface area (Å²) >= 11 is 8.87. The molecule has 2 unspecified atom stereocenters. The maximum absolute atomic E-state index is 9.49. The summed E-state index contributed by atoms with van der Waals surface area (Å²) < 4.78 is 5.00. The summed E-state index contributed by atoms with van der Waals surface area (Å²) in [6.07, 6.45) is 0.586. The van der Waals surface area contributed by atoms with Gasteiger partial charge in [-0.25, -0.2) is 9.97 Å². The predicted octanol–water partition coefficient (Wildman–Crippen LogP) is 1.92. The van der Waals surface area contributed by atoms with Crippen LogP contribution in [0.5, 0.6) is 0 Å². The largest absolute Gasteiger partial charge is 0.367 e. The zero-order valence-corrected chi connectivity index (χ0v) is 9.86. The quantitative estimate of drug-likeness (QED) is 0.520. The summed E-state index contributed by atoms with van der Waals surface area (Å²) in [6, 6.07) is 1.66. The number of rotatable bonds is 4. The molecule has 0 fully saturated rings. The van der Waals surface area contributed by atoms with E-state index in [1.54, 1.807) is 13.0 Å². The number of hydrogen-bond acceptors (Lipinski definition) is 4. The van der Waals surface area contributed by atoms with E-state index in [4.69, 9.17) is 16.3 Å². The van der Waals surface area contributed by atoms with Crippen LogP contribution in [0.3, 0.4) is 0 Å². The Hall–Kier alpha value is -0.230. The van der Waals surface area contributed by atoms with Crippen molar-refractivity contribution >= 4 is 27.5 Å². The standard InChI is InChI=1S/C8H10BrClN2O2/c1-2-14-7(13)6(9)5-3-4-11-8(10)12-5/h3-4,6-7,13H,2H2,1H3. The van der Waals surface area contributed by atoms with Gasteiger partial charge in [-0.2, -0.15) is 0 Å². The molecule has 0 aromatic carbocycles. The molecule has 0 amide bonds. The topological polar surface area (TPSA) is 55.2 Å². The van der Waals surface area contributed by atoms with Crippen molar-refractivity contribution in [1.29, 1.82) is 0 Å². The normalized spacial score (nSPS) is 15.1. The number of aliphatic hydroxyl groups is 1. The maximum Gasteiger partial charge on any atom is 0.222 e. The number of aliphatic hydroxyl groups excluding tert-OH is 1. The average molecular weight is 282 g/mol. The number of nitrogens with zero attached hydrogens (tertiary/aromatic N) is 2. The van der Waals surface area contributed by atoms with Crippen LogP contribution in [-0.4, -0.2) is 28.0 Å². The van der Waals surface area contributed by atoms with Gasteiger partial charge in [-0.05, 0) is 24.6 Å². The monoisotopic (exact) mass is 280 g/mol. The Morgan fingerprint density at radius 2 is 2.43 bits per heavy atom. The molecule has 0 radical (unpaired) electrons. The molecule has 14 heavy (non-hydrogen) atoms. The van der Waals surface area contributed by atoms with Gasteiger partial charge in [0.2, 0.25) is 5.28 Å². The molecule has 0 saturated carbocycles. The minimum atomic E-state index is -0.939. The van der Waals surface area contributed by atoms with Gasteiger partial charge in [0.05, 0.1) is 5.69 Å². The van der Waals surface area contributed by atoms with Gasteiger partial charge in [-0.1, -0.05) is 15.9 Å². The van der Waals surface area contributed by atoms with Gasteiger partial charge in [0, 0.05) is 12.8 Å². The first-order chi connectivity index (χ1) is 6.65. The molecular weight excluding hydrogens is 271 g/mol. The van der Waals surface area contributed by atoms with E-state index in [0.717, 1.165) is 0 Å². The van der Waals surface area contributed by atoms with Gasteiger partial charge in [0.25, 0.3) is 0 Å². The third kappa shape index (κ3) is 3.16. The Balaban J connectivity index is 2.73. The molecular formula is C8H10BrClN2O2. The van der Waals surface area contributed by atoms with Gasteiger partial charge < -0.3 is 9.84 Å². The molecule has 0 aliphatic rings. The molecule has 0 saturated heterocycles. The van der Waals surface area contributed by atoms with Crippen LogP contribution < -0.4 is 0 Å². The summed E-state index contributed by atoms with van der Waals surface area (Å²) in [5.41, 5.74) is 0.589. The second kappa shape index (κ2) is 5.60. The summed E-state index contributed by atoms with van der Waals surface area (Å²) in [6.45, 7) is 2.23. The van der Waals surface area contributed by atoms with Crippen molar-refractivity contribution in [2.75, 3.05) is 6.61 Å². The van der Waals surface area contributed by atoms with Crippen LogP contribution in [0.25, 0.3) is 0 Å². The molecule has 1 heterocycles. The molecule has 0 aliphatic carbocycles. The molecule has 0 bridgehead atoms. The Morgan fingerprint density at radius 1 is 1.71 bits per heavy atom. The summed E-state index contributed by atoms with van der Waals surface area (Å²) in [4.78, 5) is 7.28. The smallest absolute Gasteiger partial charge is 0.222 e. The van der Waals surface area contributed by atoms with Gasteiger partial charge in [-0.15, -0.1) is 0 Å². The number of ether oxygens (including phenoxy) is 1. The second-order valence-corrected chi connectivity index (χ2v) is 3.82. The lowest BCUT2D eigenvalue weighted by molar-refractivity contribution is -0.0940. The lowest BCUT2D eigenvalue weighted by Crippen LogP contribution is -2.18. The van der Waals surface area contributed by atoms with Crippen molar-refractivity contribution in [2.45, 2.75) is 18.0 Å². The van der Waals surface area contributed by atoms with E-state index >= 15 is 0 Å². The van der Waals surface area contributed by atoms with Gasteiger partial charge in [0.15, 0.2) is 6.29 Å². The molecule has 1 aromatic heterocycles. The highest BCUT2D eigenvalue weighted by molar-refractivity contribution is 9.09. The van der Waals surface area contributed by atoms with Gasteiger partial charge in [0.1, 0.15) is 4.83 Å². The number of hydrogen-bond donors (Lipinski definition) is 1. The van der Waals surface area contributed by atoms with Crippen molar-refractivity contribution < 1.29 is 9.84 Å². The fourth-order valence-electron chi connectivity index (χ4n) is 0.903. The fraction of sp³-hybridized carbons (Fsp3) is 0.500. The molecule has 1 rings (SSSR count). The SMILES string of the molecule is CCOC(O)C(Br)c1ccnc(Cl)n1. The number of halogens is 2. The second-order valence-electron chi connectivity index (χ2n) is 2.50. The number of aromatic nitrogens is 2. The maximum atomic E-state index is 9.49. The Kier molecular flexibility index (Phi) is 4.74. The summed E-state index contributed by atoms with van der Waals surface area (Å²) in [5, 5.41) is 9.64. The minimum Gasteiger partial charge on any atom is -0.367 e. The van der Waals surface area contributed by atoms with E-state index in [-0.39, 0.29) is 5.28 Å². The minimum absolute atomic E-state index is 0.149. The van der Waals surface area contributed by atoms with E-state index in [2.05, 4.69) is 25.9 Å². The first-order valence-corrected chi connectivity index (χ1v) is 5.36. The highest BCUT2D eigenvalue weighted by Crippen LogP contribution is 2.25. The van der Waals surface area contributed by atoms with Crippen LogP contribution in [0.1, 0.15) is 17.4 Å². The zero-order chi connectivity index (χ0) is 10.6. The lowest BCUT2D eigenvalue weighted by Gasteiger charge is -2.16. The zero-order valence-electron chi connectivity index (χ0n) is 7.52. The van der Waals surface area contributed by atoms with E-state index < -0.39 is 11.1 Å². The highest BCUT2D eigenvalue weighted by Gasteiger charge is 2.19. The van der Waals surface area contributed by atoms with E-state index in [0.29, 0.717) is 12.3 Å². The summed E-state index contributed by atoms with van der Waals surface area (Å²) in [5.74, 6) is 0. The van der Waals surface area contributed by atoms with Crippen LogP contribution in [0.15, 0.2) is 12.3 Å². The van der Waals surface area contributed by atoms with Crippen molar-refractivity contribution in [3.63, 3.8) is 0 Å². The van der Waals surface area contributed by atoms with E-state index in [1.807, 2.05) is 0 Å². The van der Waals surface area contributed by atoms with Crippen LogP contribution in [0.2, 0.25) is 5.28 Å². The van der Waals surface area contributed by atoms with Gasteiger partial charge >= 0.3 is 0 Å². The molecule has 4 nitrogen and oxygen atoms in total. The number of alkyl halides is 1. The molecule has 1 N–H and O–H groups in total. The lowest BCUT2D eigenvalue weighted by atomic mass is 10.3. The van der Waals surface area contributed by atoms with Crippen molar-refractivity contribution in [3.8, 4) is 0 Å². The average Bonchev–Trinajstić information content (AvgIpc) is 2.17. The van der Waals surface area contributed by atoms with E-state index in [1.165, 1.54) is 6.20 Å². The Morgan fingerprint density at radius 3 is 3.00 bits per heavy atom. The van der Waals surface area contributed by atoms with Gasteiger partial charge in [-0.3, -0.25) is 0 Å². The van der Waals surface area contributed by atoms with Crippen molar-refractivity contribution in [1.82, 2.24) is 9.97 Å². The molecule has 1 aromatic rings. The van der Waals surface area contributed by atoms with Crippen molar-refractivity contribution in [3.05, 3.63) is 23.2 Å². The molecule has 2 atom stereocenters. The third-order valence-corrected chi connectivity index (χ3v) is 2.62. The van der Waals surface area contributed by atoms with E-state index in [9.17, 15) is 5.11 Å². The molecule has 0 aliphatic heterocycles. The van der Waals surface area contributed by atoms with Crippen LogP contribution >= 0.6 is 27.5 Å². The molecule has 78 valence electrons. The molecule has 0 spiro atoms. The van der Waals surface area contributed by atoms with Crippen LogP contribution in [-0.2, 0) is 4.74 Å². The fourth-order valence-corrected chi connectivity index (χ4v) is 1.46. The van der Waals surface area contributed by atoms with Crippen LogP contribution in [0.4, 0.5) is 0 Å². The Labute approximate surface area is 95.4 Å². The highest BCUT2D eigenvalue weighted by atomic mass is 79.9. The summed E-state index contributed by atoms with van der Waals surface area (Å²) in [7, 11) is 0.